The minimum atomic E-state index is -2.00. The first-order valence-electron chi connectivity index (χ1n) is 28.2. The van der Waals surface area contributed by atoms with Crippen molar-refractivity contribution in [2.45, 2.75) is 167 Å². The zero-order chi connectivity index (χ0) is 61.9. The van der Waals surface area contributed by atoms with Gasteiger partial charge in [-0.3, -0.25) is 52.8 Å². The summed E-state index contributed by atoms with van der Waals surface area (Å²) in [5.74, 6) is -8.53. The van der Waals surface area contributed by atoms with Crippen molar-refractivity contribution in [1.29, 1.82) is 0 Å². The molecule has 1 aromatic carbocycles. The molecule has 1 aromatic rings. The zero-order valence-corrected chi connectivity index (χ0v) is 51.3. The summed E-state index contributed by atoms with van der Waals surface area (Å²) >= 11 is 4.52. The molecular formula is C57H92N10O14S. The van der Waals surface area contributed by atoms with E-state index in [4.69, 9.17) is 19.3 Å². The molecule has 0 aromatic heterocycles. The second-order valence-electron chi connectivity index (χ2n) is 22.3. The molecule has 0 spiro atoms. The second-order valence-corrected chi connectivity index (χ2v) is 23.0. The molecule has 82 heavy (non-hydrogen) atoms. The third-order valence-electron chi connectivity index (χ3n) is 15.5. The summed E-state index contributed by atoms with van der Waals surface area (Å²) in [5, 5.41) is 28.4. The highest BCUT2D eigenvalue weighted by Gasteiger charge is 2.46. The highest BCUT2D eigenvalue weighted by atomic mass is 32.1. The molecule has 3 rings (SSSR count). The molecule has 0 radical (unpaired) electrons. The monoisotopic (exact) mass is 1170 g/mol. The number of carbonyl (C=O) groups excluding carboxylic acids is 9. The van der Waals surface area contributed by atoms with Gasteiger partial charge in [0.1, 0.15) is 31.0 Å². The van der Waals surface area contributed by atoms with Crippen molar-refractivity contribution >= 4 is 71.8 Å². The second kappa shape index (κ2) is 32.7. The van der Waals surface area contributed by atoms with Gasteiger partial charge in [0, 0.05) is 46.5 Å². The predicted octanol–water partition coefficient (Wildman–Crippen LogP) is 1.50. The first kappa shape index (κ1) is 70.3. The number of likely N-dealkylation sites (tertiary alicyclic amines) is 1. The Kier molecular flexibility index (Phi) is 28.1. The van der Waals surface area contributed by atoms with Gasteiger partial charge in [0.05, 0.1) is 55.3 Å². The lowest BCUT2D eigenvalue weighted by molar-refractivity contribution is -0.148. The summed E-state index contributed by atoms with van der Waals surface area (Å²) < 4.78 is 18.3. The van der Waals surface area contributed by atoms with Crippen LogP contribution in [0.15, 0.2) is 42.5 Å². The standard InChI is InChI=1S/C57H92N10O14S/c1-16-34(8)48(65(13)55(77)47(32(4)5)63-54(76)46(58-12)31(2)3)41(79-14)27-44(70)66-26-20-23-39(66)49(80-15)35(9)51(73)61-36(10)50(38-21-18-17-19-22-38)81-30-60-52(74)37(11)62-56(78)57(82,33(6)7)64-53(75)40(28-59-29-45(71)72)67-42(68)24-25-43(67)69/h17-19,21-22,24-25,31-37,39-41,46-50,58-59,82H,16,20,23,26-30H2,1-15H3,(H,60,74)(H,61,73)(H,62,78)(H,63,76)(H,64,75)(H,71,72)/t34-,35+,36+,37-,39-,40?,41+,46-,47-,48-,49+,50+,57+/m0/s1. The molecule has 0 aliphatic carbocycles. The highest BCUT2D eigenvalue weighted by Crippen LogP contribution is 2.31. The summed E-state index contributed by atoms with van der Waals surface area (Å²) in [4.78, 5) is 136. The quantitative estimate of drug-likeness (QED) is 0.0268. The summed E-state index contributed by atoms with van der Waals surface area (Å²) in [6.07, 6.45) is 1.49. The van der Waals surface area contributed by atoms with Crippen molar-refractivity contribution in [3.05, 3.63) is 48.0 Å². The van der Waals surface area contributed by atoms with Gasteiger partial charge in [-0.1, -0.05) is 99.1 Å². The van der Waals surface area contributed by atoms with E-state index in [0.717, 1.165) is 12.2 Å². The van der Waals surface area contributed by atoms with Crippen LogP contribution in [0.5, 0.6) is 0 Å². The van der Waals surface area contributed by atoms with Crippen LogP contribution in [0.2, 0.25) is 0 Å². The number of amides is 9. The van der Waals surface area contributed by atoms with Crippen LogP contribution in [0.3, 0.4) is 0 Å². The molecule has 1 saturated heterocycles. The van der Waals surface area contributed by atoms with Crippen molar-refractivity contribution in [1.82, 2.24) is 51.9 Å². The van der Waals surface area contributed by atoms with E-state index in [-0.39, 0.29) is 54.5 Å². The highest BCUT2D eigenvalue weighted by molar-refractivity contribution is 7.82. The van der Waals surface area contributed by atoms with Gasteiger partial charge in [0.25, 0.3) is 17.7 Å². The molecule has 2 aliphatic rings. The first-order chi connectivity index (χ1) is 38.5. The molecular weight excluding hydrogens is 1080 g/mol. The van der Waals surface area contributed by atoms with Gasteiger partial charge in [-0.2, -0.15) is 0 Å². The Balaban J connectivity index is 1.73. The minimum Gasteiger partial charge on any atom is -0.480 e. The number of aliphatic carboxylic acids is 1. The number of likely N-dealkylation sites (N-methyl/N-ethyl adjacent to an activating group) is 2. The number of carboxylic acid groups (broad SMARTS) is 1. The Hall–Kier alpha value is -5.99. The van der Waals surface area contributed by atoms with Gasteiger partial charge in [-0.05, 0) is 63.0 Å². The van der Waals surface area contributed by atoms with Crippen LogP contribution >= 0.6 is 12.6 Å². The molecule has 1 fully saturated rings. The van der Waals surface area contributed by atoms with Gasteiger partial charge in [-0.25, -0.2) is 0 Å². The maximum atomic E-state index is 14.5. The molecule has 13 atom stereocenters. The SMILES string of the molecule is CC[C@H](C)[C@@H]([C@@H](CC(=O)N1CCC[C@H]1[C@H](OC)[C@@H](C)C(=O)N[C@H](C)[C@@H](OCNC(=O)[C@H](C)NC(=O)[C@@](S)(NC(=O)C(CNCC(=O)O)N1C(=O)C=CC1=O)C(C)C)c1ccccc1)OC)N(C)C(=O)[C@@H](NC(=O)[C@@H](NC)C(C)C)C(C)C. The molecule has 0 bridgehead atoms. The van der Waals surface area contributed by atoms with Crippen LogP contribution in [0.25, 0.3) is 0 Å². The fraction of sp³-hybridized carbons (Fsp3) is 0.684. The van der Waals surface area contributed by atoms with Crippen molar-refractivity contribution in [3.8, 4) is 0 Å². The van der Waals surface area contributed by atoms with Crippen molar-refractivity contribution < 1.29 is 67.3 Å². The molecule has 2 heterocycles. The zero-order valence-electron chi connectivity index (χ0n) is 50.4. The molecule has 24 nitrogen and oxygen atoms in total. The third-order valence-corrected chi connectivity index (χ3v) is 16.3. The number of methoxy groups -OCH3 is 2. The number of hydrogen-bond acceptors (Lipinski definition) is 16. The van der Waals surface area contributed by atoms with E-state index in [9.17, 15) is 47.9 Å². The molecule has 460 valence electrons. The first-order valence-corrected chi connectivity index (χ1v) is 28.6. The van der Waals surface area contributed by atoms with Gasteiger partial charge < -0.3 is 66.3 Å². The van der Waals surface area contributed by atoms with Crippen molar-refractivity contribution in [3.63, 3.8) is 0 Å². The lowest BCUT2D eigenvalue weighted by atomic mass is 9.89. The summed E-state index contributed by atoms with van der Waals surface area (Å²) in [6.45, 7) is 18.6. The number of imide groups is 1. The van der Waals surface area contributed by atoms with Crippen LogP contribution < -0.4 is 37.2 Å². The largest absolute Gasteiger partial charge is 0.480 e. The van der Waals surface area contributed by atoms with E-state index < -0.39 is 126 Å². The Morgan fingerprint density at radius 3 is 1.95 bits per heavy atom. The fourth-order valence-corrected chi connectivity index (χ4v) is 10.6. The summed E-state index contributed by atoms with van der Waals surface area (Å²) in [6, 6.07) is 3.16. The Morgan fingerprint density at radius 2 is 1.43 bits per heavy atom. The number of ether oxygens (including phenoxy) is 3. The number of carbonyl (C=O) groups is 10. The number of thiol groups is 1. The lowest BCUT2D eigenvalue weighted by Gasteiger charge is -2.41. The van der Waals surface area contributed by atoms with Crippen LogP contribution in [0, 0.1) is 29.6 Å². The van der Waals surface area contributed by atoms with E-state index in [0.29, 0.717) is 36.3 Å². The Bertz CT molecular complexity index is 2380. The van der Waals surface area contributed by atoms with E-state index in [1.165, 1.54) is 21.1 Å². The Labute approximate surface area is 488 Å². The number of rotatable bonds is 34. The summed E-state index contributed by atoms with van der Waals surface area (Å²) in [7, 11) is 6.41. The van der Waals surface area contributed by atoms with E-state index in [2.05, 4.69) is 49.8 Å². The van der Waals surface area contributed by atoms with E-state index >= 15 is 0 Å². The Morgan fingerprint density at radius 1 is 0.817 bits per heavy atom. The summed E-state index contributed by atoms with van der Waals surface area (Å²) in [5.41, 5.74) is 0.667. The molecule has 0 saturated carbocycles. The van der Waals surface area contributed by atoms with E-state index in [1.54, 1.807) is 75.9 Å². The van der Waals surface area contributed by atoms with Crippen LogP contribution in [-0.2, 0) is 62.2 Å². The number of hydrogen-bond donors (Lipinski definition) is 9. The van der Waals surface area contributed by atoms with Gasteiger partial charge in [0.2, 0.25) is 35.4 Å². The van der Waals surface area contributed by atoms with Crippen molar-refractivity contribution in [2.24, 2.45) is 29.6 Å². The van der Waals surface area contributed by atoms with Crippen molar-refractivity contribution in [2.75, 3.05) is 54.7 Å². The van der Waals surface area contributed by atoms with E-state index in [1.807, 2.05) is 47.6 Å². The molecule has 8 N–H and O–H groups in total. The maximum Gasteiger partial charge on any atom is 0.317 e. The number of benzene rings is 1. The maximum absolute atomic E-state index is 14.5. The van der Waals surface area contributed by atoms with Gasteiger partial charge in [0.15, 0.2) is 4.87 Å². The molecule has 1 unspecified atom stereocenters. The normalized spacial score (nSPS) is 19.2. The average molecular weight is 1170 g/mol. The predicted molar refractivity (Wildman–Crippen MR) is 309 cm³/mol. The molecule has 25 heteroatoms. The number of nitrogens with one attached hydrogen (secondary N) is 7. The number of carboxylic acids is 1. The average Bonchev–Trinajstić information content (AvgIpc) is 4.23. The lowest BCUT2D eigenvalue weighted by Crippen LogP contribution is -2.65. The van der Waals surface area contributed by atoms with Crippen LogP contribution in [-0.4, -0.2) is 193 Å². The van der Waals surface area contributed by atoms with Crippen LogP contribution in [0.4, 0.5) is 0 Å². The topological polar surface area (TPSA) is 313 Å². The smallest absolute Gasteiger partial charge is 0.317 e. The fourth-order valence-electron chi connectivity index (χ4n) is 10.5. The van der Waals surface area contributed by atoms with Crippen LogP contribution in [0.1, 0.15) is 114 Å². The number of nitrogens with zero attached hydrogens (tertiary/aromatic N) is 3. The minimum absolute atomic E-state index is 0.0183. The molecule has 9 amide bonds. The van der Waals surface area contributed by atoms with Gasteiger partial charge >= 0.3 is 5.97 Å². The van der Waals surface area contributed by atoms with Gasteiger partial charge in [-0.15, -0.1) is 12.6 Å². The third kappa shape index (κ3) is 18.5. The molecule has 2 aliphatic heterocycles.